The predicted octanol–water partition coefficient (Wildman–Crippen LogP) is 1.25. The summed E-state index contributed by atoms with van der Waals surface area (Å²) in [6.07, 6.45) is 2.62. The fourth-order valence-corrected chi connectivity index (χ4v) is 0.877. The van der Waals surface area contributed by atoms with E-state index in [1.54, 1.807) is 0 Å². The zero-order valence-corrected chi connectivity index (χ0v) is 4.85. The van der Waals surface area contributed by atoms with Crippen LogP contribution in [0.5, 0.6) is 0 Å². The van der Waals surface area contributed by atoms with Crippen molar-refractivity contribution >= 4 is 0 Å². The Morgan fingerprint density at radius 2 is 2.29 bits per heavy atom. The molecule has 1 fully saturated rings. The van der Waals surface area contributed by atoms with Gasteiger partial charge in [0, 0.05) is 6.61 Å². The Labute approximate surface area is 44.7 Å². The quantitative estimate of drug-likeness (QED) is 0.444. The van der Waals surface area contributed by atoms with Crippen LogP contribution in [0.25, 0.3) is 0 Å². The van der Waals surface area contributed by atoms with Gasteiger partial charge in [0.05, 0.1) is 6.10 Å². The molecule has 1 rings (SSSR count). The van der Waals surface area contributed by atoms with E-state index in [0.717, 1.165) is 6.61 Å². The van der Waals surface area contributed by atoms with Gasteiger partial charge in [-0.05, 0) is 19.3 Å². The Morgan fingerprint density at radius 3 is 2.43 bits per heavy atom. The lowest BCUT2D eigenvalue weighted by Crippen LogP contribution is -1.95. The lowest BCUT2D eigenvalue weighted by atomic mass is 10.1. The van der Waals surface area contributed by atoms with Crippen LogP contribution < -0.4 is 0 Å². The van der Waals surface area contributed by atoms with E-state index in [9.17, 15) is 0 Å². The van der Waals surface area contributed by atoms with Gasteiger partial charge in [0.15, 0.2) is 0 Å². The highest BCUT2D eigenvalue weighted by Crippen LogP contribution is 2.15. The summed E-state index contributed by atoms with van der Waals surface area (Å²) in [6.45, 7) is 5.16. The van der Waals surface area contributed by atoms with E-state index in [-0.39, 0.29) is 0 Å². The van der Waals surface area contributed by atoms with Crippen LogP contribution in [-0.2, 0) is 4.74 Å². The Kier molecular flexibility index (Phi) is 1.33. The molecular formula is C6H11O. The summed E-state index contributed by atoms with van der Waals surface area (Å²) in [4.78, 5) is 0. The third kappa shape index (κ3) is 1.16. The fraction of sp³-hybridized carbons (Fsp3) is 0.833. The fourth-order valence-electron chi connectivity index (χ4n) is 0.877. The van der Waals surface area contributed by atoms with Crippen molar-refractivity contribution in [3.8, 4) is 0 Å². The lowest BCUT2D eigenvalue weighted by molar-refractivity contribution is 0.129. The van der Waals surface area contributed by atoms with Gasteiger partial charge in [0.1, 0.15) is 0 Å². The number of rotatable bonds is 0. The van der Waals surface area contributed by atoms with Crippen LogP contribution in [0.4, 0.5) is 0 Å². The summed E-state index contributed by atoms with van der Waals surface area (Å²) in [6, 6.07) is 0. The molecule has 0 aliphatic carbocycles. The highest BCUT2D eigenvalue weighted by atomic mass is 16.5. The smallest absolute Gasteiger partial charge is 0.0582 e. The second-order valence-electron chi connectivity index (χ2n) is 2.21. The van der Waals surface area contributed by atoms with E-state index in [1.165, 1.54) is 0 Å². The Hall–Kier alpha value is -0.0400. The van der Waals surface area contributed by atoms with Crippen LogP contribution in [-0.4, -0.2) is 12.7 Å². The Morgan fingerprint density at radius 1 is 1.57 bits per heavy atom. The van der Waals surface area contributed by atoms with Crippen molar-refractivity contribution in [1.29, 1.82) is 0 Å². The molecule has 2 unspecified atom stereocenters. The van der Waals surface area contributed by atoms with E-state index in [4.69, 9.17) is 4.74 Å². The molecule has 1 nitrogen and oxygen atoms in total. The molecule has 0 amide bonds. The molecule has 0 saturated carbocycles. The molecule has 1 saturated heterocycles. The molecule has 0 aromatic heterocycles. The van der Waals surface area contributed by atoms with Gasteiger partial charge < -0.3 is 4.74 Å². The monoisotopic (exact) mass is 99.1 g/mol. The van der Waals surface area contributed by atoms with Crippen molar-refractivity contribution in [1.82, 2.24) is 0 Å². The number of hydrogen-bond acceptors (Lipinski definition) is 1. The molecule has 1 radical (unpaired) electrons. The molecule has 0 bridgehead atoms. The van der Waals surface area contributed by atoms with Crippen molar-refractivity contribution in [2.24, 2.45) is 5.92 Å². The van der Waals surface area contributed by atoms with Crippen molar-refractivity contribution in [3.63, 3.8) is 0 Å². The molecule has 0 spiro atoms. The molecule has 1 aliphatic rings. The van der Waals surface area contributed by atoms with Crippen molar-refractivity contribution in [3.05, 3.63) is 6.42 Å². The van der Waals surface area contributed by atoms with Crippen LogP contribution in [0.15, 0.2) is 0 Å². The number of ether oxygens (including phenoxy) is 1. The van der Waals surface area contributed by atoms with Crippen molar-refractivity contribution in [2.75, 3.05) is 6.61 Å². The topological polar surface area (TPSA) is 9.23 Å². The van der Waals surface area contributed by atoms with Gasteiger partial charge in [0.2, 0.25) is 0 Å². The predicted molar refractivity (Wildman–Crippen MR) is 28.9 cm³/mol. The van der Waals surface area contributed by atoms with Crippen LogP contribution >= 0.6 is 0 Å². The third-order valence-electron chi connectivity index (χ3n) is 1.22. The third-order valence-corrected chi connectivity index (χ3v) is 1.22. The highest BCUT2D eigenvalue weighted by molar-refractivity contribution is 4.84. The average Bonchev–Trinajstić information content (AvgIpc) is 1.87. The second kappa shape index (κ2) is 1.83. The lowest BCUT2D eigenvalue weighted by Gasteiger charge is -1.94. The van der Waals surface area contributed by atoms with Gasteiger partial charge in [-0.1, -0.05) is 6.92 Å². The minimum atomic E-state index is 0.398. The number of hydrogen-bond donors (Lipinski definition) is 0. The summed E-state index contributed by atoms with van der Waals surface area (Å²) in [5.41, 5.74) is 0. The summed E-state index contributed by atoms with van der Waals surface area (Å²) in [5, 5.41) is 0. The molecule has 0 aromatic rings. The first-order valence-corrected chi connectivity index (χ1v) is 2.75. The van der Waals surface area contributed by atoms with Gasteiger partial charge in [-0.3, -0.25) is 0 Å². The summed E-state index contributed by atoms with van der Waals surface area (Å²) >= 11 is 0. The first-order valence-electron chi connectivity index (χ1n) is 2.75. The normalized spacial score (nSPS) is 42.0. The van der Waals surface area contributed by atoms with E-state index in [2.05, 4.69) is 20.3 Å². The molecule has 1 aliphatic heterocycles. The van der Waals surface area contributed by atoms with Gasteiger partial charge in [0.25, 0.3) is 0 Å². The SMILES string of the molecule is CC1[CH]C(C)OC1. The standard InChI is InChI=1S/C6H11O/c1-5-3-6(2)7-4-5/h3,5-6H,4H2,1-2H3. The maximum Gasteiger partial charge on any atom is 0.0582 e. The van der Waals surface area contributed by atoms with Gasteiger partial charge in [-0.15, -0.1) is 0 Å². The summed E-state index contributed by atoms with van der Waals surface area (Å²) < 4.78 is 5.21. The zero-order valence-electron chi connectivity index (χ0n) is 4.85. The molecule has 7 heavy (non-hydrogen) atoms. The van der Waals surface area contributed by atoms with Crippen molar-refractivity contribution < 1.29 is 4.74 Å². The molecule has 1 heteroatoms. The summed E-state index contributed by atoms with van der Waals surface area (Å²) in [5.74, 6) is 0.676. The van der Waals surface area contributed by atoms with Crippen LogP contribution in [0.3, 0.4) is 0 Å². The molecule has 0 aromatic carbocycles. The molecule has 41 valence electrons. The van der Waals surface area contributed by atoms with Gasteiger partial charge >= 0.3 is 0 Å². The van der Waals surface area contributed by atoms with Gasteiger partial charge in [-0.25, -0.2) is 0 Å². The van der Waals surface area contributed by atoms with Crippen molar-refractivity contribution in [2.45, 2.75) is 20.0 Å². The highest BCUT2D eigenvalue weighted by Gasteiger charge is 2.16. The minimum Gasteiger partial charge on any atom is -0.378 e. The van der Waals surface area contributed by atoms with E-state index in [1.807, 2.05) is 0 Å². The van der Waals surface area contributed by atoms with Crippen LogP contribution in [0.1, 0.15) is 13.8 Å². The van der Waals surface area contributed by atoms with E-state index < -0.39 is 0 Å². The first kappa shape index (κ1) is 5.10. The van der Waals surface area contributed by atoms with Crippen LogP contribution in [0.2, 0.25) is 0 Å². The van der Waals surface area contributed by atoms with Crippen LogP contribution in [0, 0.1) is 12.3 Å². The Bertz CT molecular complexity index is 53.2. The second-order valence-corrected chi connectivity index (χ2v) is 2.21. The maximum absolute atomic E-state index is 5.21. The first-order chi connectivity index (χ1) is 3.29. The summed E-state index contributed by atoms with van der Waals surface area (Å²) in [7, 11) is 0. The van der Waals surface area contributed by atoms with Gasteiger partial charge in [-0.2, -0.15) is 0 Å². The molecule has 1 heterocycles. The molecule has 2 atom stereocenters. The van der Waals surface area contributed by atoms with E-state index in [0.29, 0.717) is 12.0 Å². The average molecular weight is 99.2 g/mol. The Balaban J connectivity index is 2.26. The minimum absolute atomic E-state index is 0.398. The molecule has 0 N–H and O–H groups in total. The van der Waals surface area contributed by atoms with E-state index >= 15 is 0 Å². The zero-order chi connectivity index (χ0) is 5.28. The largest absolute Gasteiger partial charge is 0.378 e. The molecular weight excluding hydrogens is 88.1 g/mol. The maximum atomic E-state index is 5.21.